The molecule has 0 spiro atoms. The van der Waals surface area contributed by atoms with Crippen molar-refractivity contribution in [2.24, 2.45) is 0 Å². The van der Waals surface area contributed by atoms with Gasteiger partial charge in [0, 0.05) is 6.42 Å². The molecule has 1 atom stereocenters. The summed E-state index contributed by atoms with van der Waals surface area (Å²) in [6, 6.07) is 4.86. The van der Waals surface area contributed by atoms with Crippen molar-refractivity contribution in [1.82, 2.24) is 5.32 Å². The molecular formula is C17H18ClNO5. The highest BCUT2D eigenvalue weighted by Gasteiger charge is 2.25. The largest absolute Gasteiger partial charge is 0.495 e. The third kappa shape index (κ3) is 3.89. The highest BCUT2D eigenvalue weighted by Crippen LogP contribution is 2.28. The summed E-state index contributed by atoms with van der Waals surface area (Å²) in [5.41, 5.74) is 0.685. The van der Waals surface area contributed by atoms with Crippen molar-refractivity contribution in [3.63, 3.8) is 0 Å². The number of carboxylic acid groups (broad SMARTS) is 1. The summed E-state index contributed by atoms with van der Waals surface area (Å²) in [6.07, 6.45) is 2.83. The SMILES string of the molecule is CCCc1occc1C(=O)NC(C(=O)O)c1ccc(OC)c(Cl)c1. The first-order valence-corrected chi connectivity index (χ1v) is 7.79. The number of hydrogen-bond donors (Lipinski definition) is 2. The van der Waals surface area contributed by atoms with Gasteiger partial charge in [-0.2, -0.15) is 0 Å². The summed E-state index contributed by atoms with van der Waals surface area (Å²) >= 11 is 6.04. The molecule has 0 saturated heterocycles. The average molecular weight is 352 g/mol. The fourth-order valence-corrected chi connectivity index (χ4v) is 2.59. The van der Waals surface area contributed by atoms with E-state index in [0.29, 0.717) is 29.1 Å². The Balaban J connectivity index is 2.25. The minimum Gasteiger partial charge on any atom is -0.495 e. The summed E-state index contributed by atoms with van der Waals surface area (Å²) in [5, 5.41) is 12.2. The normalized spacial score (nSPS) is 11.8. The van der Waals surface area contributed by atoms with Crippen LogP contribution in [0, 0.1) is 0 Å². The lowest BCUT2D eigenvalue weighted by molar-refractivity contribution is -0.139. The van der Waals surface area contributed by atoms with Gasteiger partial charge in [0.05, 0.1) is 24.0 Å². The van der Waals surface area contributed by atoms with Gasteiger partial charge < -0.3 is 19.6 Å². The lowest BCUT2D eigenvalue weighted by Gasteiger charge is -2.16. The number of ether oxygens (including phenoxy) is 1. The molecule has 7 heteroatoms. The van der Waals surface area contributed by atoms with Crippen LogP contribution in [0.5, 0.6) is 5.75 Å². The lowest BCUT2D eigenvalue weighted by atomic mass is 10.1. The van der Waals surface area contributed by atoms with E-state index < -0.39 is 17.9 Å². The Bertz CT molecular complexity index is 740. The Morgan fingerprint density at radius 1 is 1.38 bits per heavy atom. The summed E-state index contributed by atoms with van der Waals surface area (Å²) < 4.78 is 10.3. The number of carboxylic acids is 1. The maximum atomic E-state index is 12.4. The van der Waals surface area contributed by atoms with E-state index in [1.165, 1.54) is 25.5 Å². The summed E-state index contributed by atoms with van der Waals surface area (Å²) in [5.74, 6) is -0.737. The molecule has 24 heavy (non-hydrogen) atoms. The maximum Gasteiger partial charge on any atom is 0.330 e. The molecule has 0 radical (unpaired) electrons. The zero-order chi connectivity index (χ0) is 17.7. The van der Waals surface area contributed by atoms with Gasteiger partial charge in [-0.1, -0.05) is 24.6 Å². The summed E-state index contributed by atoms with van der Waals surface area (Å²) in [7, 11) is 1.46. The third-order valence-corrected chi connectivity index (χ3v) is 3.79. The van der Waals surface area contributed by atoms with Gasteiger partial charge in [0.15, 0.2) is 6.04 Å². The Labute approximate surface area is 144 Å². The van der Waals surface area contributed by atoms with E-state index in [1.54, 1.807) is 12.1 Å². The van der Waals surface area contributed by atoms with E-state index in [4.69, 9.17) is 20.8 Å². The Hall–Kier alpha value is -2.47. The number of aryl methyl sites for hydroxylation is 1. The topological polar surface area (TPSA) is 88.8 Å². The van der Waals surface area contributed by atoms with Crippen LogP contribution in [0.2, 0.25) is 5.02 Å². The fourth-order valence-electron chi connectivity index (χ4n) is 2.32. The Morgan fingerprint density at radius 2 is 2.12 bits per heavy atom. The van der Waals surface area contributed by atoms with E-state index in [2.05, 4.69) is 5.32 Å². The molecule has 6 nitrogen and oxygen atoms in total. The van der Waals surface area contributed by atoms with E-state index in [9.17, 15) is 14.7 Å². The molecule has 2 aromatic rings. The summed E-state index contributed by atoms with van der Waals surface area (Å²) in [4.78, 5) is 24.0. The zero-order valence-electron chi connectivity index (χ0n) is 13.3. The number of carbonyl (C=O) groups excluding carboxylic acids is 1. The standard InChI is InChI=1S/C17H18ClNO5/c1-3-4-13-11(7-8-24-13)16(20)19-15(17(21)22)10-5-6-14(23-2)12(18)9-10/h5-9,15H,3-4H2,1-2H3,(H,19,20)(H,21,22). The van der Waals surface area contributed by atoms with E-state index >= 15 is 0 Å². The second kappa shape index (κ2) is 7.88. The molecule has 1 unspecified atom stereocenters. The number of rotatable bonds is 7. The second-order valence-electron chi connectivity index (χ2n) is 5.15. The molecule has 0 aliphatic heterocycles. The van der Waals surface area contributed by atoms with Crippen LogP contribution < -0.4 is 10.1 Å². The highest BCUT2D eigenvalue weighted by atomic mass is 35.5. The lowest BCUT2D eigenvalue weighted by Crippen LogP contribution is -2.34. The van der Waals surface area contributed by atoms with Gasteiger partial charge in [0.2, 0.25) is 0 Å². The molecule has 1 aromatic heterocycles. The molecule has 1 heterocycles. The van der Waals surface area contributed by atoms with Crippen molar-refractivity contribution in [1.29, 1.82) is 0 Å². The molecule has 128 valence electrons. The number of nitrogens with one attached hydrogen (secondary N) is 1. The Kier molecular flexibility index (Phi) is 5.87. The molecule has 2 N–H and O–H groups in total. The van der Waals surface area contributed by atoms with Gasteiger partial charge >= 0.3 is 5.97 Å². The molecule has 0 aliphatic rings. The van der Waals surface area contributed by atoms with Crippen LogP contribution in [-0.2, 0) is 11.2 Å². The number of amides is 1. The predicted molar refractivity (Wildman–Crippen MR) is 88.6 cm³/mol. The van der Waals surface area contributed by atoms with Crippen LogP contribution in [0.4, 0.5) is 0 Å². The van der Waals surface area contributed by atoms with Crippen LogP contribution in [0.1, 0.15) is 41.1 Å². The number of furan rings is 1. The zero-order valence-corrected chi connectivity index (χ0v) is 14.1. The van der Waals surface area contributed by atoms with Crippen LogP contribution in [-0.4, -0.2) is 24.1 Å². The molecule has 0 bridgehead atoms. The van der Waals surface area contributed by atoms with Gasteiger partial charge in [-0.15, -0.1) is 0 Å². The van der Waals surface area contributed by atoms with Gasteiger partial charge in [-0.25, -0.2) is 4.79 Å². The molecule has 2 rings (SSSR count). The number of carbonyl (C=O) groups is 2. The average Bonchev–Trinajstić information content (AvgIpc) is 3.00. The van der Waals surface area contributed by atoms with Crippen molar-refractivity contribution < 1.29 is 23.8 Å². The van der Waals surface area contributed by atoms with Crippen molar-refractivity contribution in [3.05, 3.63) is 52.4 Å². The van der Waals surface area contributed by atoms with Gasteiger partial charge in [-0.05, 0) is 30.2 Å². The Morgan fingerprint density at radius 3 is 2.71 bits per heavy atom. The van der Waals surface area contributed by atoms with Crippen molar-refractivity contribution in [2.45, 2.75) is 25.8 Å². The first kappa shape index (κ1) is 17.9. The molecule has 0 fully saturated rings. The van der Waals surface area contributed by atoms with Crippen molar-refractivity contribution >= 4 is 23.5 Å². The van der Waals surface area contributed by atoms with Crippen LogP contribution in [0.3, 0.4) is 0 Å². The number of hydrogen-bond acceptors (Lipinski definition) is 4. The highest BCUT2D eigenvalue weighted by molar-refractivity contribution is 6.32. The van der Waals surface area contributed by atoms with E-state index in [1.807, 2.05) is 6.92 Å². The predicted octanol–water partition coefficient (Wildman–Crippen LogP) is 3.45. The van der Waals surface area contributed by atoms with Gasteiger partial charge in [0.1, 0.15) is 11.5 Å². The second-order valence-corrected chi connectivity index (χ2v) is 5.55. The van der Waals surface area contributed by atoms with Crippen LogP contribution in [0.25, 0.3) is 0 Å². The fraction of sp³-hybridized carbons (Fsp3) is 0.294. The molecule has 0 saturated carbocycles. The molecule has 0 aliphatic carbocycles. The summed E-state index contributed by atoms with van der Waals surface area (Å²) in [6.45, 7) is 1.96. The number of halogens is 1. The van der Waals surface area contributed by atoms with Crippen LogP contribution >= 0.6 is 11.6 Å². The van der Waals surface area contributed by atoms with Gasteiger partial charge in [-0.3, -0.25) is 4.79 Å². The smallest absolute Gasteiger partial charge is 0.330 e. The monoisotopic (exact) mass is 351 g/mol. The third-order valence-electron chi connectivity index (χ3n) is 3.50. The van der Waals surface area contributed by atoms with E-state index in [0.717, 1.165) is 6.42 Å². The van der Waals surface area contributed by atoms with Crippen LogP contribution in [0.15, 0.2) is 34.9 Å². The number of aliphatic carboxylic acids is 1. The molecular weight excluding hydrogens is 334 g/mol. The molecule has 1 aromatic carbocycles. The van der Waals surface area contributed by atoms with Crippen molar-refractivity contribution in [3.8, 4) is 5.75 Å². The first-order valence-electron chi connectivity index (χ1n) is 7.41. The quantitative estimate of drug-likeness (QED) is 0.797. The van der Waals surface area contributed by atoms with E-state index in [-0.39, 0.29) is 5.02 Å². The minimum atomic E-state index is -1.23. The number of methoxy groups -OCH3 is 1. The minimum absolute atomic E-state index is 0.269. The van der Waals surface area contributed by atoms with Gasteiger partial charge in [0.25, 0.3) is 5.91 Å². The van der Waals surface area contributed by atoms with Crippen molar-refractivity contribution in [2.75, 3.05) is 7.11 Å². The first-order chi connectivity index (χ1) is 11.5. The molecule has 1 amide bonds. The maximum absolute atomic E-state index is 12.4. The number of benzene rings is 1.